The number of hydrogen-bond acceptors (Lipinski definition) is 3. The van der Waals surface area contributed by atoms with Crippen LogP contribution in [0.4, 0.5) is 11.4 Å². The molecule has 27 heavy (non-hydrogen) atoms. The third-order valence-electron chi connectivity index (χ3n) is 4.79. The summed E-state index contributed by atoms with van der Waals surface area (Å²) in [6.45, 7) is 2.50. The number of nitrogens with zero attached hydrogens (tertiary/aromatic N) is 2. The van der Waals surface area contributed by atoms with Crippen LogP contribution in [0.3, 0.4) is 0 Å². The van der Waals surface area contributed by atoms with E-state index in [4.69, 9.17) is 16.3 Å². The fourth-order valence-corrected chi connectivity index (χ4v) is 3.68. The fourth-order valence-electron chi connectivity index (χ4n) is 3.43. The Balaban J connectivity index is 1.73. The SMILES string of the molecule is COc1ccc(N(CCC(=O)N2CCCc3ccccc32)C(C)=O)cc1Cl. The minimum Gasteiger partial charge on any atom is -0.495 e. The first-order valence-electron chi connectivity index (χ1n) is 9.01. The number of aryl methyl sites for hydroxylation is 1. The van der Waals surface area contributed by atoms with Gasteiger partial charge in [0.05, 0.1) is 12.1 Å². The number of rotatable bonds is 5. The first-order valence-corrected chi connectivity index (χ1v) is 9.39. The molecule has 0 aliphatic carbocycles. The summed E-state index contributed by atoms with van der Waals surface area (Å²) in [6, 6.07) is 13.2. The second-order valence-corrected chi connectivity index (χ2v) is 6.92. The van der Waals surface area contributed by atoms with Crippen molar-refractivity contribution in [2.45, 2.75) is 26.2 Å². The molecule has 2 aromatic carbocycles. The molecule has 0 radical (unpaired) electrons. The topological polar surface area (TPSA) is 49.9 Å². The van der Waals surface area contributed by atoms with Gasteiger partial charge in [0, 0.05) is 37.8 Å². The average molecular weight is 387 g/mol. The van der Waals surface area contributed by atoms with Crippen molar-refractivity contribution in [3.8, 4) is 5.75 Å². The van der Waals surface area contributed by atoms with Gasteiger partial charge in [-0.3, -0.25) is 9.59 Å². The number of para-hydroxylation sites is 1. The fraction of sp³-hybridized carbons (Fsp3) is 0.333. The van der Waals surface area contributed by atoms with Gasteiger partial charge in [-0.05, 0) is 42.7 Å². The molecule has 0 N–H and O–H groups in total. The van der Waals surface area contributed by atoms with Crippen LogP contribution in [0.15, 0.2) is 42.5 Å². The van der Waals surface area contributed by atoms with Crippen LogP contribution in [-0.2, 0) is 16.0 Å². The molecule has 2 aromatic rings. The first-order chi connectivity index (χ1) is 13.0. The molecule has 0 saturated carbocycles. The van der Waals surface area contributed by atoms with Gasteiger partial charge in [0.1, 0.15) is 5.75 Å². The van der Waals surface area contributed by atoms with Gasteiger partial charge in [-0.25, -0.2) is 0 Å². The molecule has 3 rings (SSSR count). The second-order valence-electron chi connectivity index (χ2n) is 6.52. The summed E-state index contributed by atoms with van der Waals surface area (Å²) in [7, 11) is 1.54. The number of carbonyl (C=O) groups is 2. The van der Waals surface area contributed by atoms with Gasteiger partial charge in [0.15, 0.2) is 0 Å². The van der Waals surface area contributed by atoms with Crippen molar-refractivity contribution in [2.24, 2.45) is 0 Å². The number of carbonyl (C=O) groups excluding carboxylic acids is 2. The molecule has 0 fully saturated rings. The highest BCUT2D eigenvalue weighted by Crippen LogP contribution is 2.30. The zero-order chi connectivity index (χ0) is 19.4. The number of methoxy groups -OCH3 is 1. The Kier molecular flexibility index (Phi) is 6.01. The minimum absolute atomic E-state index is 0.0213. The lowest BCUT2D eigenvalue weighted by Gasteiger charge is -2.30. The number of halogens is 1. The summed E-state index contributed by atoms with van der Waals surface area (Å²) in [5.74, 6) is 0.431. The van der Waals surface area contributed by atoms with E-state index in [0.29, 0.717) is 29.5 Å². The normalized spacial score (nSPS) is 13.1. The minimum atomic E-state index is -0.136. The van der Waals surface area contributed by atoms with Crippen LogP contribution < -0.4 is 14.5 Å². The average Bonchev–Trinajstić information content (AvgIpc) is 2.67. The van der Waals surface area contributed by atoms with E-state index in [-0.39, 0.29) is 18.2 Å². The predicted octanol–water partition coefficient (Wildman–Crippen LogP) is 4.07. The van der Waals surface area contributed by atoms with Crippen LogP contribution >= 0.6 is 11.6 Å². The number of amides is 2. The highest BCUT2D eigenvalue weighted by atomic mass is 35.5. The van der Waals surface area contributed by atoms with Crippen LogP contribution in [0, 0.1) is 0 Å². The van der Waals surface area contributed by atoms with E-state index in [0.717, 1.165) is 18.5 Å². The number of benzene rings is 2. The number of ether oxygens (including phenoxy) is 1. The van der Waals surface area contributed by atoms with Crippen LogP contribution in [0.1, 0.15) is 25.3 Å². The van der Waals surface area contributed by atoms with Crippen LogP contribution in [-0.4, -0.2) is 32.0 Å². The standard InChI is InChI=1S/C21H23ClN2O3/c1-15(25)23(17-9-10-20(27-2)18(22)14-17)13-11-21(26)24-12-5-7-16-6-3-4-8-19(16)24/h3-4,6,8-10,14H,5,7,11-13H2,1-2H3. The maximum atomic E-state index is 12.8. The van der Waals surface area contributed by atoms with Crippen molar-refractivity contribution in [2.75, 3.05) is 30.0 Å². The summed E-state index contributed by atoms with van der Waals surface area (Å²) in [6.07, 6.45) is 2.19. The van der Waals surface area contributed by atoms with E-state index in [9.17, 15) is 9.59 Å². The zero-order valence-electron chi connectivity index (χ0n) is 15.6. The molecule has 1 aliphatic rings. The third kappa shape index (κ3) is 4.25. The van der Waals surface area contributed by atoms with Gasteiger partial charge in [0.25, 0.3) is 0 Å². The van der Waals surface area contributed by atoms with Gasteiger partial charge in [-0.2, -0.15) is 0 Å². The Morgan fingerprint density at radius 2 is 2.00 bits per heavy atom. The second kappa shape index (κ2) is 8.44. The summed E-state index contributed by atoms with van der Waals surface area (Å²) in [5.41, 5.74) is 2.83. The highest BCUT2D eigenvalue weighted by molar-refractivity contribution is 6.32. The quantitative estimate of drug-likeness (QED) is 0.778. The van der Waals surface area contributed by atoms with Crippen molar-refractivity contribution in [1.29, 1.82) is 0 Å². The van der Waals surface area contributed by atoms with Crippen molar-refractivity contribution < 1.29 is 14.3 Å². The highest BCUT2D eigenvalue weighted by Gasteiger charge is 2.23. The number of anilines is 2. The Labute approximate surface area is 164 Å². The molecule has 0 unspecified atom stereocenters. The van der Waals surface area contributed by atoms with Gasteiger partial charge in [0.2, 0.25) is 11.8 Å². The molecule has 0 bridgehead atoms. The van der Waals surface area contributed by atoms with E-state index in [1.165, 1.54) is 12.5 Å². The van der Waals surface area contributed by atoms with Crippen LogP contribution in [0.25, 0.3) is 0 Å². The van der Waals surface area contributed by atoms with Crippen molar-refractivity contribution in [1.82, 2.24) is 0 Å². The molecule has 2 amide bonds. The monoisotopic (exact) mass is 386 g/mol. The Morgan fingerprint density at radius 3 is 2.70 bits per heavy atom. The van der Waals surface area contributed by atoms with Gasteiger partial charge in [-0.1, -0.05) is 29.8 Å². The lowest BCUT2D eigenvalue weighted by molar-refractivity contribution is -0.118. The maximum Gasteiger partial charge on any atom is 0.228 e. The third-order valence-corrected chi connectivity index (χ3v) is 5.08. The van der Waals surface area contributed by atoms with E-state index in [2.05, 4.69) is 6.07 Å². The summed E-state index contributed by atoms with van der Waals surface area (Å²) in [5, 5.41) is 0.428. The lowest BCUT2D eigenvalue weighted by atomic mass is 10.0. The van der Waals surface area contributed by atoms with E-state index >= 15 is 0 Å². The van der Waals surface area contributed by atoms with Crippen molar-refractivity contribution in [3.63, 3.8) is 0 Å². The summed E-state index contributed by atoms with van der Waals surface area (Å²) in [4.78, 5) is 28.4. The molecule has 0 atom stereocenters. The lowest BCUT2D eigenvalue weighted by Crippen LogP contribution is -2.38. The number of fused-ring (bicyclic) bond motifs is 1. The Hall–Kier alpha value is -2.53. The molecule has 1 aliphatic heterocycles. The van der Waals surface area contributed by atoms with Gasteiger partial charge < -0.3 is 14.5 Å². The molecule has 0 spiro atoms. The predicted molar refractivity (Wildman–Crippen MR) is 108 cm³/mol. The maximum absolute atomic E-state index is 12.8. The molecule has 0 saturated heterocycles. The molecule has 5 nitrogen and oxygen atoms in total. The molecule has 1 heterocycles. The number of hydrogen-bond donors (Lipinski definition) is 0. The molecular formula is C21H23ClN2O3. The van der Waals surface area contributed by atoms with Crippen molar-refractivity contribution in [3.05, 3.63) is 53.1 Å². The van der Waals surface area contributed by atoms with Crippen LogP contribution in [0.5, 0.6) is 5.75 Å². The molecular weight excluding hydrogens is 364 g/mol. The van der Waals surface area contributed by atoms with Crippen molar-refractivity contribution >= 4 is 34.8 Å². The molecule has 0 aromatic heterocycles. The van der Waals surface area contributed by atoms with E-state index in [1.807, 2.05) is 23.1 Å². The van der Waals surface area contributed by atoms with Gasteiger partial charge in [-0.15, -0.1) is 0 Å². The summed E-state index contributed by atoms with van der Waals surface area (Å²) >= 11 is 6.18. The Bertz CT molecular complexity index is 853. The Morgan fingerprint density at radius 1 is 1.22 bits per heavy atom. The zero-order valence-corrected chi connectivity index (χ0v) is 16.3. The van der Waals surface area contributed by atoms with Gasteiger partial charge >= 0.3 is 0 Å². The van der Waals surface area contributed by atoms with E-state index in [1.54, 1.807) is 30.2 Å². The molecule has 142 valence electrons. The smallest absolute Gasteiger partial charge is 0.228 e. The van der Waals surface area contributed by atoms with E-state index < -0.39 is 0 Å². The molecule has 6 heteroatoms. The summed E-state index contributed by atoms with van der Waals surface area (Å²) < 4.78 is 5.15. The largest absolute Gasteiger partial charge is 0.495 e. The first kappa shape index (κ1) is 19.2. The van der Waals surface area contributed by atoms with Crippen LogP contribution in [0.2, 0.25) is 5.02 Å².